The second-order valence-electron chi connectivity index (χ2n) is 5.90. The fraction of sp³-hybridized carbons (Fsp3) is 0.150. The second kappa shape index (κ2) is 7.41. The molecule has 138 valence electrons. The van der Waals surface area contributed by atoms with Gasteiger partial charge in [-0.2, -0.15) is 0 Å². The van der Waals surface area contributed by atoms with E-state index in [1.807, 2.05) is 0 Å². The first-order chi connectivity index (χ1) is 12.9. The Labute approximate surface area is 154 Å². The van der Waals surface area contributed by atoms with E-state index in [1.54, 1.807) is 36.7 Å². The van der Waals surface area contributed by atoms with Crippen LogP contribution in [-0.4, -0.2) is 23.1 Å². The zero-order valence-electron chi connectivity index (χ0n) is 14.8. The average Bonchev–Trinajstić information content (AvgIpc) is 2.65. The monoisotopic (exact) mass is 368 g/mol. The zero-order chi connectivity index (χ0) is 19.6. The Morgan fingerprint density at radius 2 is 1.96 bits per heavy atom. The van der Waals surface area contributed by atoms with Gasteiger partial charge in [-0.1, -0.05) is 6.07 Å². The van der Waals surface area contributed by atoms with Crippen molar-refractivity contribution in [3.63, 3.8) is 0 Å². The minimum atomic E-state index is -0.650. The minimum Gasteiger partial charge on any atom is -0.462 e. The molecular formula is C20H17FN2O4. The molecule has 1 heterocycles. The van der Waals surface area contributed by atoms with Crippen LogP contribution in [0.15, 0.2) is 53.5 Å². The number of anilines is 1. The van der Waals surface area contributed by atoms with Gasteiger partial charge in [-0.3, -0.25) is 9.59 Å². The van der Waals surface area contributed by atoms with Crippen LogP contribution in [0, 0.1) is 5.82 Å². The lowest BCUT2D eigenvalue weighted by Gasteiger charge is -2.10. The molecule has 0 unspecified atom stereocenters. The largest absolute Gasteiger partial charge is 0.462 e. The molecule has 1 N–H and O–H groups in total. The van der Waals surface area contributed by atoms with Crippen molar-refractivity contribution >= 4 is 28.5 Å². The predicted octanol–water partition coefficient (Wildman–Crippen LogP) is 3.11. The molecule has 2 aromatic carbocycles. The molecule has 6 nitrogen and oxygen atoms in total. The van der Waals surface area contributed by atoms with Gasteiger partial charge in [-0.25, -0.2) is 9.18 Å². The number of ether oxygens (including phenoxy) is 1. The summed E-state index contributed by atoms with van der Waals surface area (Å²) < 4.78 is 20.0. The number of nitrogens with zero attached hydrogens (tertiary/aromatic N) is 1. The van der Waals surface area contributed by atoms with E-state index in [4.69, 9.17) is 4.74 Å². The maximum atomic E-state index is 13.5. The van der Waals surface area contributed by atoms with Crippen LogP contribution in [-0.2, 0) is 11.8 Å². The third kappa shape index (κ3) is 3.72. The van der Waals surface area contributed by atoms with Crippen LogP contribution in [0.1, 0.15) is 27.6 Å². The molecule has 0 spiro atoms. The summed E-state index contributed by atoms with van der Waals surface area (Å²) in [7, 11) is 1.66. The van der Waals surface area contributed by atoms with Crippen molar-refractivity contribution in [3.8, 4) is 0 Å². The number of fused-ring (bicyclic) bond motifs is 1. The molecule has 0 aliphatic carbocycles. The van der Waals surface area contributed by atoms with E-state index in [-0.39, 0.29) is 23.1 Å². The fourth-order valence-corrected chi connectivity index (χ4v) is 2.76. The number of hydrogen-bond donors (Lipinski definition) is 1. The Balaban J connectivity index is 1.95. The Kier molecular flexibility index (Phi) is 5.03. The number of benzene rings is 2. The van der Waals surface area contributed by atoms with Gasteiger partial charge in [0.1, 0.15) is 11.4 Å². The van der Waals surface area contributed by atoms with Crippen LogP contribution in [0.2, 0.25) is 0 Å². The molecule has 0 fully saturated rings. The van der Waals surface area contributed by atoms with Crippen molar-refractivity contribution in [2.24, 2.45) is 7.05 Å². The lowest BCUT2D eigenvalue weighted by atomic mass is 10.1. The highest BCUT2D eigenvalue weighted by Crippen LogP contribution is 2.15. The second-order valence-corrected chi connectivity index (χ2v) is 5.90. The molecule has 7 heteroatoms. The van der Waals surface area contributed by atoms with Crippen LogP contribution >= 0.6 is 0 Å². The zero-order valence-corrected chi connectivity index (χ0v) is 14.8. The summed E-state index contributed by atoms with van der Waals surface area (Å²) in [5.74, 6) is -1.72. The van der Waals surface area contributed by atoms with Crippen LogP contribution in [0.5, 0.6) is 0 Å². The van der Waals surface area contributed by atoms with Gasteiger partial charge in [0.2, 0.25) is 5.43 Å². The van der Waals surface area contributed by atoms with Crippen molar-refractivity contribution in [1.82, 2.24) is 4.57 Å². The van der Waals surface area contributed by atoms with E-state index in [1.165, 1.54) is 24.4 Å². The normalized spacial score (nSPS) is 10.6. The van der Waals surface area contributed by atoms with E-state index < -0.39 is 23.1 Å². The first-order valence-electron chi connectivity index (χ1n) is 8.28. The molecule has 3 aromatic rings. The van der Waals surface area contributed by atoms with Crippen LogP contribution in [0.3, 0.4) is 0 Å². The summed E-state index contributed by atoms with van der Waals surface area (Å²) in [5, 5.41) is 2.71. The van der Waals surface area contributed by atoms with Gasteiger partial charge >= 0.3 is 5.97 Å². The predicted molar refractivity (Wildman–Crippen MR) is 99.5 cm³/mol. The Morgan fingerprint density at radius 1 is 1.19 bits per heavy atom. The van der Waals surface area contributed by atoms with Crippen LogP contribution in [0.25, 0.3) is 10.9 Å². The molecule has 0 atom stereocenters. The van der Waals surface area contributed by atoms with E-state index in [2.05, 4.69) is 5.32 Å². The van der Waals surface area contributed by atoms with E-state index >= 15 is 0 Å². The SMILES string of the molecule is CCOC(=O)c1cccc(NC(=O)c2cn(C)c3ccc(F)cc3c2=O)c1. The number of rotatable bonds is 4. The third-order valence-electron chi connectivity index (χ3n) is 4.03. The summed E-state index contributed by atoms with van der Waals surface area (Å²) in [4.78, 5) is 37.0. The number of pyridine rings is 1. The van der Waals surface area contributed by atoms with Gasteiger partial charge in [0.15, 0.2) is 0 Å². The van der Waals surface area contributed by atoms with E-state index in [9.17, 15) is 18.8 Å². The van der Waals surface area contributed by atoms with Crippen molar-refractivity contribution < 1.29 is 18.7 Å². The Bertz CT molecular complexity index is 1100. The van der Waals surface area contributed by atoms with Gasteiger partial charge in [-0.15, -0.1) is 0 Å². The molecule has 0 aliphatic heterocycles. The molecule has 0 bridgehead atoms. The van der Waals surface area contributed by atoms with E-state index in [0.29, 0.717) is 11.2 Å². The van der Waals surface area contributed by atoms with Crippen molar-refractivity contribution in [2.75, 3.05) is 11.9 Å². The lowest BCUT2D eigenvalue weighted by Crippen LogP contribution is -2.23. The molecule has 1 amide bonds. The number of aromatic nitrogens is 1. The summed E-state index contributed by atoms with van der Waals surface area (Å²) in [6.07, 6.45) is 1.40. The number of halogens is 1. The third-order valence-corrected chi connectivity index (χ3v) is 4.03. The number of hydrogen-bond acceptors (Lipinski definition) is 4. The molecule has 3 rings (SSSR count). The van der Waals surface area contributed by atoms with E-state index in [0.717, 1.165) is 6.07 Å². The standard InChI is InChI=1S/C20H17FN2O4/c1-3-27-20(26)12-5-4-6-14(9-12)22-19(25)16-11-23(2)17-8-7-13(21)10-15(17)18(16)24/h4-11H,3H2,1-2H3,(H,22,25). The number of aryl methyl sites for hydroxylation is 1. The first kappa shape index (κ1) is 18.3. The van der Waals surface area contributed by atoms with Crippen molar-refractivity contribution in [1.29, 1.82) is 0 Å². The molecule has 1 aromatic heterocycles. The summed E-state index contributed by atoms with van der Waals surface area (Å²) in [6.45, 7) is 1.93. The number of amides is 1. The molecular weight excluding hydrogens is 351 g/mol. The lowest BCUT2D eigenvalue weighted by molar-refractivity contribution is 0.0526. The van der Waals surface area contributed by atoms with Crippen molar-refractivity contribution in [3.05, 3.63) is 75.8 Å². The highest BCUT2D eigenvalue weighted by molar-refractivity contribution is 6.06. The fourth-order valence-electron chi connectivity index (χ4n) is 2.76. The van der Waals surface area contributed by atoms with Gasteiger partial charge in [-0.05, 0) is 43.3 Å². The summed E-state index contributed by atoms with van der Waals surface area (Å²) in [5.41, 5.74) is 0.441. The number of carbonyl (C=O) groups is 2. The maximum absolute atomic E-state index is 13.5. The van der Waals surface area contributed by atoms with Gasteiger partial charge in [0, 0.05) is 24.3 Å². The highest BCUT2D eigenvalue weighted by Gasteiger charge is 2.16. The molecule has 0 aliphatic rings. The number of esters is 1. The quantitative estimate of drug-likeness (QED) is 0.718. The minimum absolute atomic E-state index is 0.116. The molecule has 0 saturated carbocycles. The van der Waals surface area contributed by atoms with Crippen molar-refractivity contribution in [2.45, 2.75) is 6.92 Å². The molecule has 27 heavy (non-hydrogen) atoms. The smallest absolute Gasteiger partial charge is 0.338 e. The Morgan fingerprint density at radius 3 is 2.70 bits per heavy atom. The Hall–Kier alpha value is -3.48. The van der Waals surface area contributed by atoms with Gasteiger partial charge in [0.25, 0.3) is 5.91 Å². The first-order valence-corrected chi connectivity index (χ1v) is 8.28. The number of carbonyl (C=O) groups excluding carboxylic acids is 2. The molecule has 0 radical (unpaired) electrons. The number of nitrogens with one attached hydrogen (secondary N) is 1. The van der Waals surface area contributed by atoms with Gasteiger partial charge < -0.3 is 14.6 Å². The maximum Gasteiger partial charge on any atom is 0.338 e. The topological polar surface area (TPSA) is 77.4 Å². The molecule has 0 saturated heterocycles. The summed E-state index contributed by atoms with van der Waals surface area (Å²) >= 11 is 0. The van der Waals surface area contributed by atoms with Crippen LogP contribution < -0.4 is 10.7 Å². The van der Waals surface area contributed by atoms with Crippen LogP contribution in [0.4, 0.5) is 10.1 Å². The highest BCUT2D eigenvalue weighted by atomic mass is 19.1. The van der Waals surface area contributed by atoms with Gasteiger partial charge in [0.05, 0.1) is 17.7 Å². The average molecular weight is 368 g/mol. The summed E-state index contributed by atoms with van der Waals surface area (Å²) in [6, 6.07) is 10.0.